The van der Waals surface area contributed by atoms with Crippen LogP contribution in [0.2, 0.25) is 0 Å². The van der Waals surface area contributed by atoms with Crippen molar-refractivity contribution in [2.75, 3.05) is 5.32 Å². The highest BCUT2D eigenvalue weighted by Gasteiger charge is 2.20. The van der Waals surface area contributed by atoms with Crippen LogP contribution in [-0.4, -0.2) is 22.1 Å². The SMILES string of the molecule is CC[C@H](C)[C@@H](N)C(=O)Nc1nnc(-c2ccc(Br)cc2)s1. The zero-order valence-electron chi connectivity index (χ0n) is 11.8. The second kappa shape index (κ2) is 7.11. The lowest BCUT2D eigenvalue weighted by Crippen LogP contribution is -2.40. The van der Waals surface area contributed by atoms with Gasteiger partial charge in [0.25, 0.3) is 0 Å². The van der Waals surface area contributed by atoms with E-state index in [0.717, 1.165) is 21.5 Å². The largest absolute Gasteiger partial charge is 0.320 e. The second-order valence-electron chi connectivity index (χ2n) is 4.82. The van der Waals surface area contributed by atoms with Gasteiger partial charge in [-0.25, -0.2) is 0 Å². The van der Waals surface area contributed by atoms with Gasteiger partial charge in [-0.2, -0.15) is 0 Å². The Balaban J connectivity index is 2.06. The molecule has 0 fully saturated rings. The van der Waals surface area contributed by atoms with Gasteiger partial charge in [-0.3, -0.25) is 10.1 Å². The molecule has 0 unspecified atom stereocenters. The number of amides is 1. The Kier molecular flexibility index (Phi) is 5.44. The van der Waals surface area contributed by atoms with Crippen molar-refractivity contribution in [2.24, 2.45) is 11.7 Å². The molecule has 7 heteroatoms. The molecule has 2 atom stereocenters. The maximum atomic E-state index is 12.0. The molecule has 1 heterocycles. The molecule has 2 aromatic rings. The topological polar surface area (TPSA) is 80.9 Å². The van der Waals surface area contributed by atoms with Crippen LogP contribution in [0.25, 0.3) is 10.6 Å². The third kappa shape index (κ3) is 4.09. The molecule has 0 saturated carbocycles. The Bertz CT molecular complexity index is 614. The molecular weight excluding hydrogens is 352 g/mol. The van der Waals surface area contributed by atoms with Crippen LogP contribution in [-0.2, 0) is 4.79 Å². The smallest absolute Gasteiger partial charge is 0.243 e. The van der Waals surface area contributed by atoms with Gasteiger partial charge in [0.15, 0.2) is 0 Å². The fourth-order valence-corrected chi connectivity index (χ4v) is 2.70. The van der Waals surface area contributed by atoms with E-state index in [2.05, 4.69) is 31.4 Å². The Morgan fingerprint density at radius 3 is 2.67 bits per heavy atom. The number of nitrogens with two attached hydrogens (primary N) is 1. The number of nitrogens with zero attached hydrogens (tertiary/aromatic N) is 2. The number of aromatic nitrogens is 2. The minimum absolute atomic E-state index is 0.129. The number of benzene rings is 1. The fraction of sp³-hybridized carbons (Fsp3) is 0.357. The Morgan fingerprint density at radius 1 is 1.38 bits per heavy atom. The molecule has 3 N–H and O–H groups in total. The second-order valence-corrected chi connectivity index (χ2v) is 6.71. The van der Waals surface area contributed by atoms with E-state index in [0.29, 0.717) is 5.13 Å². The van der Waals surface area contributed by atoms with Crippen LogP contribution in [0.15, 0.2) is 28.7 Å². The van der Waals surface area contributed by atoms with Gasteiger partial charge in [-0.1, -0.05) is 59.7 Å². The highest BCUT2D eigenvalue weighted by atomic mass is 79.9. The molecule has 1 aromatic heterocycles. The van der Waals surface area contributed by atoms with Crippen LogP contribution in [0.5, 0.6) is 0 Å². The van der Waals surface area contributed by atoms with Crippen LogP contribution in [0.4, 0.5) is 5.13 Å². The molecule has 0 aliphatic carbocycles. The molecule has 0 aliphatic heterocycles. The van der Waals surface area contributed by atoms with Crippen LogP contribution in [0, 0.1) is 5.92 Å². The van der Waals surface area contributed by atoms with Crippen molar-refractivity contribution in [3.63, 3.8) is 0 Å². The number of anilines is 1. The van der Waals surface area contributed by atoms with E-state index in [1.54, 1.807) is 0 Å². The number of hydrogen-bond acceptors (Lipinski definition) is 5. The van der Waals surface area contributed by atoms with Crippen molar-refractivity contribution in [2.45, 2.75) is 26.3 Å². The lowest BCUT2D eigenvalue weighted by atomic mass is 10.00. The number of halogens is 1. The van der Waals surface area contributed by atoms with E-state index >= 15 is 0 Å². The van der Waals surface area contributed by atoms with Crippen molar-refractivity contribution in [3.8, 4) is 10.6 Å². The zero-order chi connectivity index (χ0) is 15.4. The first-order chi connectivity index (χ1) is 10.0. The minimum Gasteiger partial charge on any atom is -0.320 e. The van der Waals surface area contributed by atoms with E-state index in [1.807, 2.05) is 38.1 Å². The molecule has 5 nitrogen and oxygen atoms in total. The summed E-state index contributed by atoms with van der Waals surface area (Å²) in [6.45, 7) is 3.96. The summed E-state index contributed by atoms with van der Waals surface area (Å²) >= 11 is 4.72. The number of hydrogen-bond donors (Lipinski definition) is 2. The quantitative estimate of drug-likeness (QED) is 0.848. The highest BCUT2D eigenvalue weighted by molar-refractivity contribution is 9.10. The van der Waals surface area contributed by atoms with Gasteiger partial charge in [-0.05, 0) is 18.1 Å². The Hall–Kier alpha value is -1.31. The molecule has 2 rings (SSSR count). The van der Waals surface area contributed by atoms with Crippen LogP contribution < -0.4 is 11.1 Å². The number of carbonyl (C=O) groups excluding carboxylic acids is 1. The molecule has 1 aromatic carbocycles. The average molecular weight is 369 g/mol. The molecule has 21 heavy (non-hydrogen) atoms. The predicted molar refractivity (Wildman–Crippen MR) is 89.1 cm³/mol. The van der Waals surface area contributed by atoms with Gasteiger partial charge in [0.05, 0.1) is 6.04 Å². The van der Waals surface area contributed by atoms with E-state index in [9.17, 15) is 4.79 Å². The summed E-state index contributed by atoms with van der Waals surface area (Å²) in [7, 11) is 0. The van der Waals surface area contributed by atoms with Crippen molar-refractivity contribution >= 4 is 38.3 Å². The monoisotopic (exact) mass is 368 g/mol. The van der Waals surface area contributed by atoms with Gasteiger partial charge in [0.1, 0.15) is 5.01 Å². The average Bonchev–Trinajstić information content (AvgIpc) is 2.94. The van der Waals surface area contributed by atoms with Crippen molar-refractivity contribution in [3.05, 3.63) is 28.7 Å². The maximum absolute atomic E-state index is 12.0. The minimum atomic E-state index is -0.532. The first kappa shape index (κ1) is 16.1. The third-order valence-electron chi connectivity index (χ3n) is 3.31. The standard InChI is InChI=1S/C14H17BrN4OS/c1-3-8(2)11(16)12(20)17-14-19-18-13(21-14)9-4-6-10(15)7-5-9/h4-8,11H,3,16H2,1-2H3,(H,17,19,20)/t8-,11+/m0/s1. The Labute approximate surface area is 136 Å². The molecular formula is C14H17BrN4OS. The molecule has 112 valence electrons. The zero-order valence-corrected chi connectivity index (χ0v) is 14.2. The van der Waals surface area contributed by atoms with Crippen LogP contribution >= 0.6 is 27.3 Å². The lowest BCUT2D eigenvalue weighted by Gasteiger charge is -2.16. The highest BCUT2D eigenvalue weighted by Crippen LogP contribution is 2.27. The van der Waals surface area contributed by atoms with Crippen LogP contribution in [0.1, 0.15) is 20.3 Å². The third-order valence-corrected chi connectivity index (χ3v) is 4.72. The maximum Gasteiger partial charge on any atom is 0.243 e. The lowest BCUT2D eigenvalue weighted by molar-refractivity contribution is -0.118. The van der Waals surface area contributed by atoms with E-state index in [1.165, 1.54) is 11.3 Å². The van der Waals surface area contributed by atoms with Crippen molar-refractivity contribution < 1.29 is 4.79 Å². The van der Waals surface area contributed by atoms with Crippen LogP contribution in [0.3, 0.4) is 0 Å². The summed E-state index contributed by atoms with van der Waals surface area (Å²) in [5, 5.41) is 12.0. The van der Waals surface area contributed by atoms with Gasteiger partial charge in [0.2, 0.25) is 11.0 Å². The Morgan fingerprint density at radius 2 is 2.05 bits per heavy atom. The van der Waals surface area contributed by atoms with E-state index < -0.39 is 6.04 Å². The summed E-state index contributed by atoms with van der Waals surface area (Å²) < 4.78 is 1.00. The molecule has 0 spiro atoms. The number of nitrogens with one attached hydrogen (secondary N) is 1. The first-order valence-corrected chi connectivity index (χ1v) is 8.28. The first-order valence-electron chi connectivity index (χ1n) is 6.67. The summed E-state index contributed by atoms with van der Waals surface area (Å²) in [4.78, 5) is 12.0. The van der Waals surface area contributed by atoms with Crippen molar-refractivity contribution in [1.29, 1.82) is 0 Å². The number of carbonyl (C=O) groups is 1. The van der Waals surface area contributed by atoms with Gasteiger partial charge in [0, 0.05) is 10.0 Å². The van der Waals surface area contributed by atoms with E-state index in [4.69, 9.17) is 5.73 Å². The van der Waals surface area contributed by atoms with Gasteiger partial charge >= 0.3 is 0 Å². The summed E-state index contributed by atoms with van der Waals surface area (Å²) in [6.07, 6.45) is 0.856. The van der Waals surface area contributed by atoms with Gasteiger partial charge < -0.3 is 5.73 Å². The van der Waals surface area contributed by atoms with E-state index in [-0.39, 0.29) is 11.8 Å². The van der Waals surface area contributed by atoms with Crippen molar-refractivity contribution in [1.82, 2.24) is 10.2 Å². The molecule has 0 saturated heterocycles. The molecule has 0 bridgehead atoms. The summed E-state index contributed by atoms with van der Waals surface area (Å²) in [5.41, 5.74) is 6.85. The number of rotatable bonds is 5. The molecule has 0 aliphatic rings. The van der Waals surface area contributed by atoms with Gasteiger partial charge in [-0.15, -0.1) is 10.2 Å². The fourth-order valence-electron chi connectivity index (χ4n) is 1.68. The molecule has 1 amide bonds. The normalized spacial score (nSPS) is 13.7. The summed E-state index contributed by atoms with van der Waals surface area (Å²) in [6, 6.07) is 7.24. The molecule has 0 radical (unpaired) electrons. The summed E-state index contributed by atoms with van der Waals surface area (Å²) in [5.74, 6) is -0.0910. The predicted octanol–water partition coefficient (Wildman–Crippen LogP) is 3.28.